The zero-order valence-corrected chi connectivity index (χ0v) is 8.40. The highest BCUT2D eigenvalue weighted by Gasteiger charge is 2.24. The molecular formula is C9H6BrF2N. The molecule has 1 rings (SSSR count). The number of nitriles is 1. The smallest absolute Gasteiger partial charge is 0.202 e. The fourth-order valence-corrected chi connectivity index (χ4v) is 1.40. The van der Waals surface area contributed by atoms with Gasteiger partial charge in [-0.15, -0.1) is 0 Å². The monoisotopic (exact) mass is 245 g/mol. The Morgan fingerprint density at radius 3 is 2.46 bits per heavy atom. The van der Waals surface area contributed by atoms with Crippen LogP contribution in [-0.4, -0.2) is 0 Å². The number of halogens is 3. The Labute approximate surface area is 83.1 Å². The Morgan fingerprint density at radius 2 is 2.00 bits per heavy atom. The summed E-state index contributed by atoms with van der Waals surface area (Å²) in [5, 5.41) is 8.54. The molecule has 0 fully saturated rings. The normalized spacial score (nSPS) is 11.0. The van der Waals surface area contributed by atoms with E-state index in [1.54, 1.807) is 0 Å². The summed E-state index contributed by atoms with van der Waals surface area (Å²) in [6.45, 7) is 0.802. The van der Waals surface area contributed by atoms with E-state index in [0.29, 0.717) is 4.47 Å². The van der Waals surface area contributed by atoms with E-state index in [1.807, 2.05) is 6.07 Å². The number of hydrogen-bond donors (Lipinski definition) is 0. The number of rotatable bonds is 1. The van der Waals surface area contributed by atoms with E-state index in [0.717, 1.165) is 6.92 Å². The predicted molar refractivity (Wildman–Crippen MR) is 48.4 cm³/mol. The van der Waals surface area contributed by atoms with Crippen molar-refractivity contribution in [2.45, 2.75) is 12.8 Å². The number of nitrogens with zero attached hydrogens (tertiary/aromatic N) is 1. The molecule has 13 heavy (non-hydrogen) atoms. The molecule has 1 nitrogen and oxygen atoms in total. The van der Waals surface area contributed by atoms with Gasteiger partial charge in [0, 0.05) is 17.0 Å². The first kappa shape index (κ1) is 10.1. The fourth-order valence-electron chi connectivity index (χ4n) is 0.908. The molecule has 0 amide bonds. The standard InChI is InChI=1S/C9H6BrF2N/c1-9(11,12)7-2-6(5-13)3-8(10)4-7/h2-4H,1H3. The third-order valence-corrected chi connectivity index (χ3v) is 1.99. The molecule has 1 aromatic rings. The molecule has 0 unspecified atom stereocenters. The minimum absolute atomic E-state index is 0.154. The van der Waals surface area contributed by atoms with Gasteiger partial charge in [0.2, 0.25) is 0 Å². The minimum Gasteiger partial charge on any atom is -0.202 e. The second-order valence-electron chi connectivity index (χ2n) is 2.73. The zero-order valence-electron chi connectivity index (χ0n) is 6.81. The molecule has 0 aliphatic rings. The number of alkyl halides is 2. The van der Waals surface area contributed by atoms with Crippen LogP contribution in [0, 0.1) is 11.3 Å². The Hall–Kier alpha value is -0.950. The highest BCUT2D eigenvalue weighted by Crippen LogP contribution is 2.29. The van der Waals surface area contributed by atoms with Crippen LogP contribution >= 0.6 is 15.9 Å². The van der Waals surface area contributed by atoms with Gasteiger partial charge in [-0.2, -0.15) is 5.26 Å². The predicted octanol–water partition coefficient (Wildman–Crippen LogP) is 3.43. The molecule has 0 aliphatic heterocycles. The minimum atomic E-state index is -2.91. The topological polar surface area (TPSA) is 23.8 Å². The van der Waals surface area contributed by atoms with Crippen LogP contribution in [0.25, 0.3) is 0 Å². The average molecular weight is 246 g/mol. The highest BCUT2D eigenvalue weighted by molar-refractivity contribution is 9.10. The summed E-state index contributed by atoms with van der Waals surface area (Å²) in [6, 6.07) is 5.80. The SMILES string of the molecule is CC(F)(F)c1cc(Br)cc(C#N)c1. The van der Waals surface area contributed by atoms with Crippen molar-refractivity contribution in [2.24, 2.45) is 0 Å². The summed E-state index contributed by atoms with van der Waals surface area (Å²) in [5.41, 5.74) is 0.0734. The first-order valence-electron chi connectivity index (χ1n) is 3.52. The van der Waals surface area contributed by atoms with Gasteiger partial charge in [-0.25, -0.2) is 8.78 Å². The Kier molecular flexibility index (Phi) is 2.67. The molecule has 0 saturated carbocycles. The Bertz CT molecular complexity index is 363. The van der Waals surface area contributed by atoms with E-state index in [1.165, 1.54) is 18.2 Å². The van der Waals surface area contributed by atoms with Crippen molar-refractivity contribution >= 4 is 15.9 Å². The van der Waals surface area contributed by atoms with Crippen LogP contribution in [0.5, 0.6) is 0 Å². The summed E-state index contributed by atoms with van der Waals surface area (Å²) >= 11 is 3.06. The summed E-state index contributed by atoms with van der Waals surface area (Å²) in [5.74, 6) is -2.91. The quantitative estimate of drug-likeness (QED) is 0.744. The molecule has 0 radical (unpaired) electrons. The van der Waals surface area contributed by atoms with Crippen molar-refractivity contribution in [2.75, 3.05) is 0 Å². The summed E-state index contributed by atoms with van der Waals surface area (Å²) in [6.07, 6.45) is 0. The second-order valence-corrected chi connectivity index (χ2v) is 3.64. The highest BCUT2D eigenvalue weighted by atomic mass is 79.9. The van der Waals surface area contributed by atoms with Gasteiger partial charge in [0.15, 0.2) is 0 Å². The van der Waals surface area contributed by atoms with Gasteiger partial charge in [0.1, 0.15) is 0 Å². The maximum Gasteiger partial charge on any atom is 0.270 e. The van der Waals surface area contributed by atoms with Gasteiger partial charge < -0.3 is 0 Å². The lowest BCUT2D eigenvalue weighted by atomic mass is 10.1. The lowest BCUT2D eigenvalue weighted by Crippen LogP contribution is -2.07. The third kappa shape index (κ3) is 2.49. The fraction of sp³-hybridized carbons (Fsp3) is 0.222. The molecule has 0 bridgehead atoms. The van der Waals surface area contributed by atoms with E-state index < -0.39 is 5.92 Å². The van der Waals surface area contributed by atoms with E-state index in [2.05, 4.69) is 15.9 Å². The lowest BCUT2D eigenvalue weighted by Gasteiger charge is -2.10. The van der Waals surface area contributed by atoms with E-state index in [-0.39, 0.29) is 11.1 Å². The molecule has 0 spiro atoms. The van der Waals surface area contributed by atoms with Gasteiger partial charge in [-0.05, 0) is 18.2 Å². The van der Waals surface area contributed by atoms with Gasteiger partial charge in [-0.1, -0.05) is 15.9 Å². The maximum absolute atomic E-state index is 12.8. The van der Waals surface area contributed by atoms with Crippen LogP contribution in [0.4, 0.5) is 8.78 Å². The molecule has 68 valence electrons. The third-order valence-electron chi connectivity index (χ3n) is 1.53. The number of hydrogen-bond acceptors (Lipinski definition) is 1. The summed E-state index contributed by atoms with van der Waals surface area (Å²) < 4.78 is 26.1. The largest absolute Gasteiger partial charge is 0.270 e. The van der Waals surface area contributed by atoms with Crippen molar-refractivity contribution < 1.29 is 8.78 Å². The van der Waals surface area contributed by atoms with Crippen LogP contribution in [0.1, 0.15) is 18.1 Å². The zero-order chi connectivity index (χ0) is 10.1. The summed E-state index contributed by atoms with van der Waals surface area (Å²) in [4.78, 5) is 0. The van der Waals surface area contributed by atoms with E-state index in [4.69, 9.17) is 5.26 Å². The van der Waals surface area contributed by atoms with Gasteiger partial charge in [0.05, 0.1) is 11.6 Å². The van der Waals surface area contributed by atoms with Gasteiger partial charge >= 0.3 is 0 Å². The van der Waals surface area contributed by atoms with E-state index >= 15 is 0 Å². The molecule has 0 saturated heterocycles. The molecule has 0 atom stereocenters. The van der Waals surface area contributed by atoms with Crippen molar-refractivity contribution in [3.63, 3.8) is 0 Å². The van der Waals surface area contributed by atoms with Crippen molar-refractivity contribution in [1.29, 1.82) is 5.26 Å². The van der Waals surface area contributed by atoms with Crippen molar-refractivity contribution in [3.05, 3.63) is 33.8 Å². The second kappa shape index (κ2) is 3.43. The molecule has 0 N–H and O–H groups in total. The molecule has 1 aromatic carbocycles. The van der Waals surface area contributed by atoms with Crippen LogP contribution in [0.2, 0.25) is 0 Å². The summed E-state index contributed by atoms with van der Waals surface area (Å²) in [7, 11) is 0. The van der Waals surface area contributed by atoms with Crippen LogP contribution < -0.4 is 0 Å². The lowest BCUT2D eigenvalue weighted by molar-refractivity contribution is 0.0174. The first-order valence-corrected chi connectivity index (χ1v) is 4.32. The maximum atomic E-state index is 12.8. The van der Waals surface area contributed by atoms with Crippen molar-refractivity contribution in [1.82, 2.24) is 0 Å². The molecule has 0 aromatic heterocycles. The number of benzene rings is 1. The van der Waals surface area contributed by atoms with Crippen LogP contribution in [0.3, 0.4) is 0 Å². The molecule has 0 aliphatic carbocycles. The Balaban J connectivity index is 3.26. The first-order chi connectivity index (χ1) is 5.93. The van der Waals surface area contributed by atoms with Gasteiger partial charge in [-0.3, -0.25) is 0 Å². The van der Waals surface area contributed by atoms with E-state index in [9.17, 15) is 8.78 Å². The molecule has 4 heteroatoms. The van der Waals surface area contributed by atoms with Gasteiger partial charge in [0.25, 0.3) is 5.92 Å². The van der Waals surface area contributed by atoms with Crippen LogP contribution in [0.15, 0.2) is 22.7 Å². The average Bonchev–Trinajstić information content (AvgIpc) is 2.01. The van der Waals surface area contributed by atoms with Crippen LogP contribution in [-0.2, 0) is 5.92 Å². The van der Waals surface area contributed by atoms with Crippen molar-refractivity contribution in [3.8, 4) is 6.07 Å². The molecular weight excluding hydrogens is 240 g/mol. The molecule has 0 heterocycles. The Morgan fingerprint density at radius 1 is 1.38 bits per heavy atom.